The number of carbonyl (C=O) groups excluding carboxylic acids is 1. The van der Waals surface area contributed by atoms with Crippen LogP contribution in [0.2, 0.25) is 0 Å². The van der Waals surface area contributed by atoms with Crippen molar-refractivity contribution in [2.45, 2.75) is 23.6 Å². The van der Waals surface area contributed by atoms with Gasteiger partial charge in [-0.3, -0.25) is 9.52 Å². The first kappa shape index (κ1) is 21.0. The lowest BCUT2D eigenvalue weighted by Crippen LogP contribution is -2.17. The molecule has 0 saturated carbocycles. The minimum Gasteiger partial charge on any atom is -0.322 e. The smallest absolute Gasteiger partial charge is 0.261 e. The molecule has 0 aliphatic rings. The lowest BCUT2D eigenvalue weighted by atomic mass is 10.1. The van der Waals surface area contributed by atoms with Gasteiger partial charge in [-0.15, -0.1) is 11.8 Å². The van der Waals surface area contributed by atoms with E-state index in [9.17, 15) is 13.2 Å². The van der Waals surface area contributed by atoms with Crippen molar-refractivity contribution >= 4 is 39.1 Å². The molecule has 0 radical (unpaired) electrons. The molecule has 0 fully saturated rings. The van der Waals surface area contributed by atoms with Crippen LogP contribution in [-0.4, -0.2) is 20.6 Å². The molecule has 3 aromatic rings. The van der Waals surface area contributed by atoms with E-state index in [-0.39, 0.29) is 10.8 Å². The first-order chi connectivity index (χ1) is 13.8. The quantitative estimate of drug-likeness (QED) is 0.539. The van der Waals surface area contributed by atoms with Gasteiger partial charge in [-0.05, 0) is 68.1 Å². The lowest BCUT2D eigenvalue weighted by Gasteiger charge is -2.12. The van der Waals surface area contributed by atoms with Crippen LogP contribution in [0.25, 0.3) is 0 Å². The fourth-order valence-corrected chi connectivity index (χ4v) is 4.29. The van der Waals surface area contributed by atoms with E-state index in [1.54, 1.807) is 43.0 Å². The zero-order valence-electron chi connectivity index (χ0n) is 16.4. The highest BCUT2D eigenvalue weighted by Gasteiger charge is 2.18. The fourth-order valence-electron chi connectivity index (χ4n) is 2.75. The van der Waals surface area contributed by atoms with Gasteiger partial charge >= 0.3 is 0 Å². The van der Waals surface area contributed by atoms with Crippen molar-refractivity contribution in [3.63, 3.8) is 0 Å². The summed E-state index contributed by atoms with van der Waals surface area (Å²) in [4.78, 5) is 13.8. The average Bonchev–Trinajstić information content (AvgIpc) is 2.69. The molecule has 0 unspecified atom stereocenters. The van der Waals surface area contributed by atoms with Crippen LogP contribution in [0.3, 0.4) is 0 Å². The number of anilines is 2. The molecule has 0 aliphatic carbocycles. The molecule has 1 amide bonds. The number of sulfonamides is 1. The van der Waals surface area contributed by atoms with E-state index in [4.69, 9.17) is 0 Å². The summed E-state index contributed by atoms with van der Waals surface area (Å²) in [5.41, 5.74) is 3.17. The van der Waals surface area contributed by atoms with Gasteiger partial charge in [0.25, 0.3) is 15.9 Å². The normalized spacial score (nSPS) is 11.1. The van der Waals surface area contributed by atoms with E-state index in [1.807, 2.05) is 43.5 Å². The molecular weight excluding hydrogens is 404 g/mol. The first-order valence-electron chi connectivity index (χ1n) is 8.94. The zero-order valence-corrected chi connectivity index (χ0v) is 18.0. The summed E-state index contributed by atoms with van der Waals surface area (Å²) >= 11 is 1.58. The first-order valence-corrected chi connectivity index (χ1v) is 11.6. The number of carbonyl (C=O) groups is 1. The van der Waals surface area contributed by atoms with Crippen molar-refractivity contribution in [2.75, 3.05) is 16.3 Å². The Kier molecular flexibility index (Phi) is 6.30. The minimum atomic E-state index is -3.82. The zero-order chi connectivity index (χ0) is 21.0. The minimum absolute atomic E-state index is 0.0340. The Morgan fingerprint density at radius 1 is 0.897 bits per heavy atom. The Bertz CT molecular complexity index is 1140. The Morgan fingerprint density at radius 2 is 1.62 bits per heavy atom. The van der Waals surface area contributed by atoms with E-state index in [2.05, 4.69) is 10.0 Å². The Morgan fingerprint density at radius 3 is 2.31 bits per heavy atom. The molecule has 0 atom stereocenters. The molecule has 0 aromatic heterocycles. The van der Waals surface area contributed by atoms with Gasteiger partial charge in [-0.2, -0.15) is 0 Å². The summed E-state index contributed by atoms with van der Waals surface area (Å²) in [6.45, 7) is 3.70. The summed E-state index contributed by atoms with van der Waals surface area (Å²) in [7, 11) is -3.82. The van der Waals surface area contributed by atoms with Crippen LogP contribution in [-0.2, 0) is 10.0 Å². The summed E-state index contributed by atoms with van der Waals surface area (Å²) in [6.07, 6.45) is 1.96. The molecule has 0 heterocycles. The number of nitrogens with one attached hydrogen (secondary N) is 2. The molecule has 3 aromatic carbocycles. The third-order valence-corrected chi connectivity index (χ3v) is 6.50. The Labute approximate surface area is 175 Å². The SMILES string of the molecule is CSc1cccc(NC(=O)c2cc(S(=O)(=O)Nc3ccc(C)cc3)ccc2C)c1. The van der Waals surface area contributed by atoms with E-state index < -0.39 is 10.0 Å². The molecule has 0 aliphatic heterocycles. The Balaban J connectivity index is 1.86. The van der Waals surface area contributed by atoms with Crippen LogP contribution in [0.1, 0.15) is 21.5 Å². The third-order valence-electron chi connectivity index (χ3n) is 4.40. The largest absolute Gasteiger partial charge is 0.322 e. The molecule has 5 nitrogen and oxygen atoms in total. The van der Waals surface area contributed by atoms with Gasteiger partial charge in [0.1, 0.15) is 0 Å². The second-order valence-corrected chi connectivity index (χ2v) is 9.20. The van der Waals surface area contributed by atoms with Crippen molar-refractivity contribution in [1.82, 2.24) is 0 Å². The number of thioether (sulfide) groups is 1. The van der Waals surface area contributed by atoms with Gasteiger partial charge in [-0.25, -0.2) is 8.42 Å². The number of amides is 1. The Hall–Kier alpha value is -2.77. The van der Waals surface area contributed by atoms with Crippen LogP contribution >= 0.6 is 11.8 Å². The summed E-state index contributed by atoms with van der Waals surface area (Å²) < 4.78 is 28.1. The maximum atomic E-state index is 12.8. The van der Waals surface area contributed by atoms with Crippen LogP contribution < -0.4 is 10.0 Å². The van der Waals surface area contributed by atoms with Crippen LogP contribution in [0, 0.1) is 13.8 Å². The van der Waals surface area contributed by atoms with E-state index in [0.29, 0.717) is 22.5 Å². The van der Waals surface area contributed by atoms with Crippen molar-refractivity contribution in [2.24, 2.45) is 0 Å². The van der Waals surface area contributed by atoms with Gasteiger partial charge < -0.3 is 5.32 Å². The number of hydrogen-bond donors (Lipinski definition) is 2. The van der Waals surface area contributed by atoms with Gasteiger partial charge in [-0.1, -0.05) is 29.8 Å². The third kappa shape index (κ3) is 5.19. The topological polar surface area (TPSA) is 75.3 Å². The molecule has 2 N–H and O–H groups in total. The molecule has 0 spiro atoms. The van der Waals surface area contributed by atoms with Gasteiger partial charge in [0, 0.05) is 21.8 Å². The van der Waals surface area contributed by atoms with Crippen molar-refractivity contribution in [3.05, 3.63) is 83.4 Å². The van der Waals surface area contributed by atoms with Gasteiger partial charge in [0.2, 0.25) is 0 Å². The predicted molar refractivity (Wildman–Crippen MR) is 119 cm³/mol. The summed E-state index contributed by atoms with van der Waals surface area (Å²) in [6, 6.07) is 19.1. The number of benzene rings is 3. The molecule has 0 bridgehead atoms. The van der Waals surface area contributed by atoms with E-state index >= 15 is 0 Å². The molecule has 7 heteroatoms. The molecule has 0 saturated heterocycles. The molecule has 29 heavy (non-hydrogen) atoms. The highest BCUT2D eigenvalue weighted by Crippen LogP contribution is 2.22. The van der Waals surface area contributed by atoms with Gasteiger partial charge in [0.15, 0.2) is 0 Å². The second kappa shape index (κ2) is 8.71. The number of hydrogen-bond acceptors (Lipinski definition) is 4. The highest BCUT2D eigenvalue weighted by molar-refractivity contribution is 7.98. The van der Waals surface area contributed by atoms with Gasteiger partial charge in [0.05, 0.1) is 4.90 Å². The van der Waals surface area contributed by atoms with Crippen LogP contribution in [0.5, 0.6) is 0 Å². The highest BCUT2D eigenvalue weighted by atomic mass is 32.2. The van der Waals surface area contributed by atoms with E-state index in [0.717, 1.165) is 10.5 Å². The molecule has 3 rings (SSSR count). The lowest BCUT2D eigenvalue weighted by molar-refractivity contribution is 0.102. The standard InChI is InChI=1S/C22H22N2O3S2/c1-15-7-10-17(11-8-15)24-29(26,27)20-12-9-16(2)21(14-20)22(25)23-18-5-4-6-19(13-18)28-3/h4-14,24H,1-3H3,(H,23,25). The maximum Gasteiger partial charge on any atom is 0.261 e. The van der Waals surface area contributed by atoms with E-state index in [1.165, 1.54) is 12.1 Å². The summed E-state index contributed by atoms with van der Waals surface area (Å²) in [5.74, 6) is -0.354. The monoisotopic (exact) mass is 426 g/mol. The molecular formula is C22H22N2O3S2. The van der Waals surface area contributed by atoms with Crippen LogP contribution in [0.15, 0.2) is 76.5 Å². The average molecular weight is 427 g/mol. The summed E-state index contributed by atoms with van der Waals surface area (Å²) in [5, 5.41) is 2.84. The fraction of sp³-hybridized carbons (Fsp3) is 0.136. The second-order valence-electron chi connectivity index (χ2n) is 6.63. The maximum absolute atomic E-state index is 12.8. The van der Waals surface area contributed by atoms with Crippen molar-refractivity contribution in [1.29, 1.82) is 0 Å². The number of aryl methyl sites for hydroxylation is 2. The predicted octanol–water partition coefficient (Wildman–Crippen LogP) is 5.08. The van der Waals surface area contributed by atoms with Crippen molar-refractivity contribution in [3.8, 4) is 0 Å². The molecule has 150 valence electrons. The van der Waals surface area contributed by atoms with Crippen LogP contribution in [0.4, 0.5) is 11.4 Å². The number of rotatable bonds is 6. The van der Waals surface area contributed by atoms with Crippen molar-refractivity contribution < 1.29 is 13.2 Å².